The Kier molecular flexibility index (Phi) is 3.84. The van der Waals surface area contributed by atoms with Gasteiger partial charge in [-0.15, -0.1) is 0 Å². The average molecular weight is 459 g/mol. The van der Waals surface area contributed by atoms with Crippen molar-refractivity contribution in [1.29, 1.82) is 0 Å². The van der Waals surface area contributed by atoms with Crippen LogP contribution in [0, 0.1) is 0 Å². The van der Waals surface area contributed by atoms with Crippen molar-refractivity contribution < 1.29 is 9.21 Å². The molecule has 0 aliphatic rings. The molecule has 0 bridgehead atoms. The van der Waals surface area contributed by atoms with Crippen LogP contribution in [0.15, 0.2) is 60.3 Å². The van der Waals surface area contributed by atoms with Gasteiger partial charge in [-0.2, -0.15) is 0 Å². The molecular formula is C15H7Br3O2. The van der Waals surface area contributed by atoms with E-state index in [2.05, 4.69) is 47.8 Å². The maximum atomic E-state index is 12.4. The summed E-state index contributed by atoms with van der Waals surface area (Å²) in [5, 5.41) is 0.879. The first-order valence-electron chi connectivity index (χ1n) is 5.73. The van der Waals surface area contributed by atoms with E-state index in [9.17, 15) is 4.79 Å². The summed E-state index contributed by atoms with van der Waals surface area (Å²) in [7, 11) is 0. The van der Waals surface area contributed by atoms with Gasteiger partial charge in [-0.25, -0.2) is 0 Å². The third-order valence-corrected chi connectivity index (χ3v) is 4.39. The topological polar surface area (TPSA) is 30.2 Å². The highest BCUT2D eigenvalue weighted by atomic mass is 79.9. The SMILES string of the molecule is O=C(c1cccc(Br)c1)c1cc2cc(Br)cc(Br)c2o1. The van der Waals surface area contributed by atoms with Crippen LogP contribution in [0.3, 0.4) is 0 Å². The van der Waals surface area contributed by atoms with Crippen molar-refractivity contribution in [2.24, 2.45) is 0 Å². The van der Waals surface area contributed by atoms with Gasteiger partial charge in [-0.1, -0.05) is 44.0 Å². The fourth-order valence-corrected chi connectivity index (χ4v) is 3.70. The molecule has 5 heteroatoms. The van der Waals surface area contributed by atoms with Crippen molar-refractivity contribution in [2.45, 2.75) is 0 Å². The van der Waals surface area contributed by atoms with Crippen LogP contribution >= 0.6 is 47.8 Å². The van der Waals surface area contributed by atoms with Crippen LogP contribution < -0.4 is 0 Å². The number of ketones is 1. The Hall–Kier alpha value is -0.910. The lowest BCUT2D eigenvalue weighted by atomic mass is 10.1. The molecule has 0 amide bonds. The number of halogens is 3. The minimum Gasteiger partial charge on any atom is -0.451 e. The van der Waals surface area contributed by atoms with Gasteiger partial charge < -0.3 is 4.42 Å². The molecular weight excluding hydrogens is 452 g/mol. The lowest BCUT2D eigenvalue weighted by Gasteiger charge is -1.98. The van der Waals surface area contributed by atoms with Crippen LogP contribution in [-0.2, 0) is 0 Å². The molecule has 0 aliphatic carbocycles. The first kappa shape index (κ1) is 14.0. The van der Waals surface area contributed by atoms with Gasteiger partial charge in [0, 0.05) is 19.9 Å². The number of furan rings is 1. The quantitative estimate of drug-likeness (QED) is 0.444. The van der Waals surface area contributed by atoms with E-state index in [4.69, 9.17) is 4.42 Å². The van der Waals surface area contributed by atoms with Crippen molar-refractivity contribution in [3.63, 3.8) is 0 Å². The Bertz CT molecular complexity index is 821. The van der Waals surface area contributed by atoms with Gasteiger partial charge >= 0.3 is 0 Å². The van der Waals surface area contributed by atoms with Gasteiger partial charge in [0.15, 0.2) is 5.76 Å². The van der Waals surface area contributed by atoms with Gasteiger partial charge in [0.05, 0.1) is 4.47 Å². The van der Waals surface area contributed by atoms with E-state index < -0.39 is 0 Å². The molecule has 2 aromatic carbocycles. The second-order valence-corrected chi connectivity index (χ2v) is 6.94. The summed E-state index contributed by atoms with van der Waals surface area (Å²) in [6.45, 7) is 0. The highest BCUT2D eigenvalue weighted by molar-refractivity contribution is 9.11. The zero-order valence-corrected chi connectivity index (χ0v) is 14.7. The van der Waals surface area contributed by atoms with Crippen molar-refractivity contribution >= 4 is 64.5 Å². The highest BCUT2D eigenvalue weighted by Crippen LogP contribution is 2.31. The molecule has 3 rings (SSSR count). The fourth-order valence-electron chi connectivity index (χ4n) is 1.96. The molecule has 3 aromatic rings. The fraction of sp³-hybridized carbons (Fsp3) is 0. The second-order valence-electron chi connectivity index (χ2n) is 4.26. The molecule has 20 heavy (non-hydrogen) atoms. The summed E-state index contributed by atoms with van der Waals surface area (Å²) in [6.07, 6.45) is 0. The monoisotopic (exact) mass is 456 g/mol. The van der Waals surface area contributed by atoms with Crippen LogP contribution in [0.25, 0.3) is 11.0 Å². The predicted molar refractivity (Wildman–Crippen MR) is 89.2 cm³/mol. The maximum absolute atomic E-state index is 12.4. The number of rotatable bonds is 2. The number of carbonyl (C=O) groups is 1. The molecule has 0 N–H and O–H groups in total. The Balaban J connectivity index is 2.11. The molecule has 0 atom stereocenters. The third kappa shape index (κ3) is 2.62. The van der Waals surface area contributed by atoms with Gasteiger partial charge in [-0.3, -0.25) is 4.79 Å². The lowest BCUT2D eigenvalue weighted by molar-refractivity contribution is 0.101. The Labute approximate surface area is 140 Å². The Morgan fingerprint density at radius 2 is 1.75 bits per heavy atom. The molecule has 100 valence electrons. The molecule has 0 spiro atoms. The molecule has 0 saturated heterocycles. The van der Waals surface area contributed by atoms with Crippen LogP contribution in [0.4, 0.5) is 0 Å². The number of carbonyl (C=O) groups excluding carboxylic acids is 1. The van der Waals surface area contributed by atoms with Gasteiger partial charge in [0.2, 0.25) is 5.78 Å². The zero-order valence-electron chi connectivity index (χ0n) is 9.99. The average Bonchev–Trinajstić information content (AvgIpc) is 2.82. The van der Waals surface area contributed by atoms with E-state index in [-0.39, 0.29) is 5.78 Å². The zero-order chi connectivity index (χ0) is 14.3. The van der Waals surface area contributed by atoms with E-state index in [0.717, 1.165) is 18.8 Å². The highest BCUT2D eigenvalue weighted by Gasteiger charge is 2.16. The first-order valence-corrected chi connectivity index (χ1v) is 8.11. The lowest BCUT2D eigenvalue weighted by Crippen LogP contribution is -1.98. The summed E-state index contributed by atoms with van der Waals surface area (Å²) in [4.78, 5) is 12.4. The minimum atomic E-state index is -0.134. The Morgan fingerprint density at radius 1 is 0.950 bits per heavy atom. The Morgan fingerprint density at radius 3 is 2.50 bits per heavy atom. The first-order chi connectivity index (χ1) is 9.54. The number of fused-ring (bicyclic) bond motifs is 1. The standard InChI is InChI=1S/C15H7Br3O2/c16-10-3-1-2-8(4-10)14(19)13-6-9-5-11(17)7-12(18)15(9)20-13/h1-7H. The molecule has 0 saturated carbocycles. The summed E-state index contributed by atoms with van der Waals surface area (Å²) in [6, 6.07) is 12.8. The number of benzene rings is 2. The second kappa shape index (κ2) is 5.47. The van der Waals surface area contributed by atoms with Crippen LogP contribution in [0.1, 0.15) is 16.1 Å². The van der Waals surface area contributed by atoms with Crippen LogP contribution in [0.5, 0.6) is 0 Å². The molecule has 0 unspecified atom stereocenters. The van der Waals surface area contributed by atoms with Crippen molar-refractivity contribution in [2.75, 3.05) is 0 Å². The molecule has 2 nitrogen and oxygen atoms in total. The predicted octanol–water partition coefficient (Wildman–Crippen LogP) is 5.95. The molecule has 1 heterocycles. The summed E-state index contributed by atoms with van der Waals surface area (Å²) < 4.78 is 8.29. The minimum absolute atomic E-state index is 0.134. The smallest absolute Gasteiger partial charge is 0.228 e. The number of hydrogen-bond acceptors (Lipinski definition) is 2. The molecule has 0 radical (unpaired) electrons. The summed E-state index contributed by atoms with van der Waals surface area (Å²) >= 11 is 10.2. The van der Waals surface area contributed by atoms with Crippen LogP contribution in [0.2, 0.25) is 0 Å². The number of hydrogen-bond donors (Lipinski definition) is 0. The van der Waals surface area contributed by atoms with E-state index in [1.807, 2.05) is 24.3 Å². The van der Waals surface area contributed by atoms with Crippen molar-refractivity contribution in [3.05, 3.63) is 67.2 Å². The summed E-state index contributed by atoms with van der Waals surface area (Å²) in [5.74, 6) is 0.197. The normalized spacial score (nSPS) is 10.9. The summed E-state index contributed by atoms with van der Waals surface area (Å²) in [5.41, 5.74) is 1.26. The molecule has 0 fully saturated rings. The van der Waals surface area contributed by atoms with E-state index in [1.165, 1.54) is 0 Å². The third-order valence-electron chi connectivity index (χ3n) is 2.85. The molecule has 1 aromatic heterocycles. The van der Waals surface area contributed by atoms with Crippen molar-refractivity contribution in [1.82, 2.24) is 0 Å². The van der Waals surface area contributed by atoms with Gasteiger partial charge in [-0.05, 0) is 46.3 Å². The molecule has 0 aliphatic heterocycles. The van der Waals surface area contributed by atoms with Gasteiger partial charge in [0.1, 0.15) is 5.58 Å². The van der Waals surface area contributed by atoms with Crippen molar-refractivity contribution in [3.8, 4) is 0 Å². The van der Waals surface area contributed by atoms with Gasteiger partial charge in [0.25, 0.3) is 0 Å². The van der Waals surface area contributed by atoms with E-state index in [1.54, 1.807) is 18.2 Å². The van der Waals surface area contributed by atoms with E-state index >= 15 is 0 Å². The van der Waals surface area contributed by atoms with Crippen LogP contribution in [-0.4, -0.2) is 5.78 Å². The maximum Gasteiger partial charge on any atom is 0.228 e. The van der Waals surface area contributed by atoms with E-state index in [0.29, 0.717) is 16.9 Å². The largest absolute Gasteiger partial charge is 0.451 e.